The summed E-state index contributed by atoms with van der Waals surface area (Å²) in [5.74, 6) is 0. The third kappa shape index (κ3) is 3.01. The maximum Gasteiger partial charge on any atom is 0.113 e. The molecule has 4 heteroatoms. The van der Waals surface area contributed by atoms with E-state index in [1.165, 1.54) is 26.4 Å². The summed E-state index contributed by atoms with van der Waals surface area (Å²) < 4.78 is 2.28. The largest absolute Gasteiger partial charge is 0.341 e. The average Bonchev–Trinajstić information content (AvgIpc) is 2.94. The zero-order chi connectivity index (χ0) is 15.0. The summed E-state index contributed by atoms with van der Waals surface area (Å²) in [6, 6.07) is 8.97. The molecule has 0 spiro atoms. The molecule has 0 saturated heterocycles. The molecular weight excluding hydrogens is 278 g/mol. The van der Waals surface area contributed by atoms with Crippen LogP contribution in [0, 0.1) is 13.8 Å². The molecule has 3 nitrogen and oxygen atoms in total. The van der Waals surface area contributed by atoms with E-state index in [1.54, 1.807) is 11.3 Å². The first-order valence-electron chi connectivity index (χ1n) is 7.29. The molecule has 110 valence electrons. The number of aromatic nitrogens is 2. The van der Waals surface area contributed by atoms with Gasteiger partial charge < -0.3 is 10.3 Å². The highest BCUT2D eigenvalue weighted by atomic mass is 32.1. The highest BCUT2D eigenvalue weighted by molar-refractivity contribution is 7.11. The Bertz CT molecular complexity index is 748. The van der Waals surface area contributed by atoms with Gasteiger partial charge in [0.15, 0.2) is 0 Å². The molecule has 1 unspecified atom stereocenters. The van der Waals surface area contributed by atoms with Gasteiger partial charge in [-0.05, 0) is 50.3 Å². The van der Waals surface area contributed by atoms with Crippen molar-refractivity contribution in [2.75, 3.05) is 0 Å². The maximum atomic E-state index is 5.91. The zero-order valence-corrected chi connectivity index (χ0v) is 13.6. The molecule has 1 aromatic carbocycles. The van der Waals surface area contributed by atoms with E-state index >= 15 is 0 Å². The predicted molar refractivity (Wildman–Crippen MR) is 90.0 cm³/mol. The molecule has 2 N–H and O–H groups in total. The third-order valence-electron chi connectivity index (χ3n) is 3.77. The van der Waals surface area contributed by atoms with Crippen LogP contribution in [0.15, 0.2) is 30.5 Å². The fraction of sp³-hybridized carbons (Fsp3) is 0.353. The first-order chi connectivity index (χ1) is 10.0. The van der Waals surface area contributed by atoms with Crippen molar-refractivity contribution in [1.29, 1.82) is 0 Å². The van der Waals surface area contributed by atoms with Crippen LogP contribution >= 0.6 is 11.3 Å². The van der Waals surface area contributed by atoms with Crippen LogP contribution in [0.2, 0.25) is 0 Å². The van der Waals surface area contributed by atoms with Crippen LogP contribution in [0.25, 0.3) is 10.9 Å². The average molecular weight is 299 g/mol. The second kappa shape index (κ2) is 5.62. The Hall–Kier alpha value is -1.65. The van der Waals surface area contributed by atoms with Gasteiger partial charge in [0.2, 0.25) is 0 Å². The SMILES string of the molecule is Cc1nc(Cn2ccc3ccc(CC(C)N)cc32)sc1C. The Labute approximate surface area is 129 Å². The molecule has 3 rings (SSSR count). The molecule has 1 atom stereocenters. The molecular formula is C17H21N3S. The Kier molecular flexibility index (Phi) is 3.83. The lowest BCUT2D eigenvalue weighted by Gasteiger charge is -2.07. The quantitative estimate of drug-likeness (QED) is 0.799. The van der Waals surface area contributed by atoms with Crippen LogP contribution in [0.4, 0.5) is 0 Å². The fourth-order valence-electron chi connectivity index (χ4n) is 2.62. The van der Waals surface area contributed by atoms with Crippen LogP contribution < -0.4 is 5.73 Å². The van der Waals surface area contributed by atoms with Crippen molar-refractivity contribution in [3.8, 4) is 0 Å². The molecule has 0 saturated carbocycles. The summed E-state index contributed by atoms with van der Waals surface area (Å²) in [4.78, 5) is 5.95. The van der Waals surface area contributed by atoms with Crippen molar-refractivity contribution in [3.05, 3.63) is 51.6 Å². The van der Waals surface area contributed by atoms with Gasteiger partial charge in [0.1, 0.15) is 5.01 Å². The summed E-state index contributed by atoms with van der Waals surface area (Å²) in [6.07, 6.45) is 3.06. The number of hydrogen-bond donors (Lipinski definition) is 1. The van der Waals surface area contributed by atoms with Crippen LogP contribution in [-0.2, 0) is 13.0 Å². The van der Waals surface area contributed by atoms with Crippen LogP contribution in [0.5, 0.6) is 0 Å². The summed E-state index contributed by atoms with van der Waals surface area (Å²) >= 11 is 1.78. The number of benzene rings is 1. The number of hydrogen-bond acceptors (Lipinski definition) is 3. The van der Waals surface area contributed by atoms with E-state index in [0.29, 0.717) is 0 Å². The summed E-state index contributed by atoms with van der Waals surface area (Å²) in [5, 5.41) is 2.44. The van der Waals surface area contributed by atoms with Crippen LogP contribution in [0.3, 0.4) is 0 Å². The van der Waals surface area contributed by atoms with Crippen molar-refractivity contribution >= 4 is 22.2 Å². The molecule has 0 fully saturated rings. The molecule has 0 amide bonds. The van der Waals surface area contributed by atoms with Gasteiger partial charge in [-0.25, -0.2) is 4.98 Å². The standard InChI is InChI=1S/C17H21N3S/c1-11(18)8-14-4-5-15-6-7-20(16(15)9-14)10-17-19-12(2)13(3)21-17/h4-7,9,11H,8,10,18H2,1-3H3. The Balaban J connectivity index is 1.94. The minimum atomic E-state index is 0.190. The second-order valence-electron chi connectivity index (χ2n) is 5.77. The number of fused-ring (bicyclic) bond motifs is 1. The Morgan fingerprint density at radius 2 is 2.10 bits per heavy atom. The van der Waals surface area contributed by atoms with Gasteiger partial charge in [-0.2, -0.15) is 0 Å². The van der Waals surface area contributed by atoms with Gasteiger partial charge in [0.25, 0.3) is 0 Å². The fourth-order valence-corrected chi connectivity index (χ4v) is 3.55. The Morgan fingerprint density at radius 3 is 2.76 bits per heavy atom. The van der Waals surface area contributed by atoms with Crippen molar-refractivity contribution < 1.29 is 0 Å². The monoisotopic (exact) mass is 299 g/mol. The summed E-state index contributed by atoms with van der Waals surface area (Å²) in [7, 11) is 0. The highest BCUT2D eigenvalue weighted by Gasteiger charge is 2.08. The van der Waals surface area contributed by atoms with Gasteiger partial charge in [-0.15, -0.1) is 11.3 Å². The predicted octanol–water partition coefficient (Wildman–Crippen LogP) is 3.65. The van der Waals surface area contributed by atoms with E-state index in [1.807, 2.05) is 6.92 Å². The Morgan fingerprint density at radius 1 is 1.29 bits per heavy atom. The van der Waals surface area contributed by atoms with E-state index in [-0.39, 0.29) is 6.04 Å². The molecule has 0 aliphatic heterocycles. The third-order valence-corrected chi connectivity index (χ3v) is 4.83. The molecule has 3 aromatic rings. The molecule has 2 aromatic heterocycles. The first-order valence-corrected chi connectivity index (χ1v) is 8.11. The van der Waals surface area contributed by atoms with E-state index in [4.69, 9.17) is 5.73 Å². The van der Waals surface area contributed by atoms with Gasteiger partial charge in [0.05, 0.1) is 12.2 Å². The van der Waals surface area contributed by atoms with E-state index in [0.717, 1.165) is 18.7 Å². The molecule has 0 radical (unpaired) electrons. The number of aryl methyl sites for hydroxylation is 2. The minimum absolute atomic E-state index is 0.190. The van der Waals surface area contributed by atoms with E-state index in [2.05, 4.69) is 53.9 Å². The summed E-state index contributed by atoms with van der Waals surface area (Å²) in [6.45, 7) is 7.09. The lowest BCUT2D eigenvalue weighted by atomic mass is 10.1. The lowest BCUT2D eigenvalue weighted by molar-refractivity contribution is 0.738. The van der Waals surface area contributed by atoms with Gasteiger partial charge >= 0.3 is 0 Å². The van der Waals surface area contributed by atoms with Gasteiger partial charge in [0, 0.05) is 22.6 Å². The van der Waals surface area contributed by atoms with E-state index in [9.17, 15) is 0 Å². The molecule has 0 aliphatic carbocycles. The maximum absolute atomic E-state index is 5.91. The topological polar surface area (TPSA) is 43.8 Å². The van der Waals surface area contributed by atoms with Crippen molar-refractivity contribution in [3.63, 3.8) is 0 Å². The molecule has 2 heterocycles. The molecule has 21 heavy (non-hydrogen) atoms. The number of rotatable bonds is 4. The number of thiazole rings is 1. The van der Waals surface area contributed by atoms with Gasteiger partial charge in [-0.1, -0.05) is 12.1 Å². The van der Waals surface area contributed by atoms with Crippen molar-refractivity contribution in [2.24, 2.45) is 5.73 Å². The van der Waals surface area contributed by atoms with E-state index < -0.39 is 0 Å². The smallest absolute Gasteiger partial charge is 0.113 e. The van der Waals surface area contributed by atoms with Crippen molar-refractivity contribution in [2.45, 2.75) is 39.8 Å². The molecule has 0 bridgehead atoms. The summed E-state index contributed by atoms with van der Waals surface area (Å²) in [5.41, 5.74) is 9.61. The first kappa shape index (κ1) is 14.3. The number of nitrogens with two attached hydrogens (primary N) is 1. The van der Waals surface area contributed by atoms with Gasteiger partial charge in [-0.3, -0.25) is 0 Å². The zero-order valence-electron chi connectivity index (χ0n) is 12.8. The lowest BCUT2D eigenvalue weighted by Crippen LogP contribution is -2.17. The normalized spacial score (nSPS) is 13.0. The van der Waals surface area contributed by atoms with Crippen LogP contribution in [-0.4, -0.2) is 15.6 Å². The second-order valence-corrected chi connectivity index (χ2v) is 7.06. The highest BCUT2D eigenvalue weighted by Crippen LogP contribution is 2.22. The number of nitrogens with zero attached hydrogens (tertiary/aromatic N) is 2. The minimum Gasteiger partial charge on any atom is -0.341 e. The van der Waals surface area contributed by atoms with Crippen molar-refractivity contribution in [1.82, 2.24) is 9.55 Å². The van der Waals surface area contributed by atoms with Crippen LogP contribution in [0.1, 0.15) is 28.1 Å². The molecule has 0 aliphatic rings.